The third kappa shape index (κ3) is 6.04. The van der Waals surface area contributed by atoms with E-state index in [0.717, 1.165) is 0 Å². The second kappa shape index (κ2) is 11.7. The fourth-order valence-electron chi connectivity index (χ4n) is 4.24. The van der Waals surface area contributed by atoms with Gasteiger partial charge in [0.1, 0.15) is 5.75 Å². The van der Waals surface area contributed by atoms with Gasteiger partial charge in [-0.15, -0.1) is 0 Å². The van der Waals surface area contributed by atoms with Gasteiger partial charge < -0.3 is 24.8 Å². The summed E-state index contributed by atoms with van der Waals surface area (Å²) in [6.45, 7) is 8.16. The molecule has 0 radical (unpaired) electrons. The molecule has 33 heavy (non-hydrogen) atoms. The number of ether oxygens (including phenoxy) is 3. The smallest absolute Gasteiger partial charge is 0.338 e. The van der Waals surface area contributed by atoms with E-state index in [4.69, 9.17) is 14.2 Å². The van der Waals surface area contributed by atoms with Crippen molar-refractivity contribution in [3.63, 3.8) is 0 Å². The average Bonchev–Trinajstić information content (AvgIpc) is 2.80. The Morgan fingerprint density at radius 2 is 1.73 bits per heavy atom. The first-order valence-corrected chi connectivity index (χ1v) is 11.6. The van der Waals surface area contributed by atoms with E-state index in [0.29, 0.717) is 68.3 Å². The molecule has 0 bridgehead atoms. The topological polar surface area (TPSA) is 106 Å². The quantitative estimate of drug-likeness (QED) is 0.547. The maximum absolute atomic E-state index is 13.0. The van der Waals surface area contributed by atoms with Crippen molar-refractivity contribution in [1.82, 2.24) is 15.5 Å². The number of para-hydroxylation sites is 1. The number of nitrogens with one attached hydrogen (secondary N) is 2. The molecule has 0 saturated carbocycles. The third-order valence-corrected chi connectivity index (χ3v) is 5.77. The summed E-state index contributed by atoms with van der Waals surface area (Å²) in [7, 11) is 0. The summed E-state index contributed by atoms with van der Waals surface area (Å²) in [5.74, 6) is -0.166. The number of rotatable bonds is 9. The van der Waals surface area contributed by atoms with Gasteiger partial charge in [-0.25, -0.2) is 9.59 Å². The number of carbonyl (C=O) groups excluding carboxylic acids is 3. The number of piperidine rings is 1. The van der Waals surface area contributed by atoms with Gasteiger partial charge in [-0.3, -0.25) is 9.69 Å². The van der Waals surface area contributed by atoms with Crippen LogP contribution in [0.3, 0.4) is 0 Å². The number of likely N-dealkylation sites (tertiary alicyclic amines) is 1. The first-order chi connectivity index (χ1) is 16.0. The highest BCUT2D eigenvalue weighted by Crippen LogP contribution is 2.34. The molecule has 0 spiro atoms. The molecule has 9 nitrogen and oxygen atoms in total. The minimum atomic E-state index is -0.701. The lowest BCUT2D eigenvalue weighted by Crippen LogP contribution is -2.49. The molecule has 0 aromatic heterocycles. The van der Waals surface area contributed by atoms with E-state index in [2.05, 4.69) is 15.5 Å². The molecule has 0 aliphatic carbocycles. The van der Waals surface area contributed by atoms with Crippen LogP contribution in [0.15, 0.2) is 35.5 Å². The Balaban J connectivity index is 1.88. The molecule has 2 aliphatic heterocycles. The van der Waals surface area contributed by atoms with Crippen LogP contribution in [0.25, 0.3) is 0 Å². The molecule has 2 heterocycles. The highest BCUT2D eigenvalue weighted by Gasteiger charge is 2.36. The number of amides is 2. The minimum absolute atomic E-state index is 0.117. The van der Waals surface area contributed by atoms with Crippen molar-refractivity contribution in [3.8, 4) is 5.75 Å². The van der Waals surface area contributed by atoms with Crippen molar-refractivity contribution >= 4 is 18.0 Å². The maximum atomic E-state index is 13.0. The molecule has 3 rings (SSSR count). The van der Waals surface area contributed by atoms with Gasteiger partial charge in [-0.05, 0) is 52.8 Å². The Kier molecular flexibility index (Phi) is 8.71. The van der Waals surface area contributed by atoms with E-state index < -0.39 is 18.0 Å². The Morgan fingerprint density at radius 3 is 2.39 bits per heavy atom. The predicted octanol–water partition coefficient (Wildman–Crippen LogP) is 2.53. The van der Waals surface area contributed by atoms with Crippen LogP contribution in [-0.2, 0) is 19.1 Å². The molecule has 1 unspecified atom stereocenters. The van der Waals surface area contributed by atoms with E-state index in [1.54, 1.807) is 13.8 Å². The molecule has 2 aliphatic rings. The monoisotopic (exact) mass is 459 g/mol. The van der Waals surface area contributed by atoms with Gasteiger partial charge in [0, 0.05) is 17.8 Å². The number of nitrogens with zero attached hydrogens (tertiary/aromatic N) is 1. The summed E-state index contributed by atoms with van der Waals surface area (Å²) in [5, 5.41) is 5.67. The summed E-state index contributed by atoms with van der Waals surface area (Å²) in [6, 6.07) is 6.25. The van der Waals surface area contributed by atoms with Gasteiger partial charge in [0.05, 0.1) is 37.4 Å². The first-order valence-electron chi connectivity index (χ1n) is 11.6. The molecule has 9 heteroatoms. The lowest BCUT2D eigenvalue weighted by atomic mass is 9.93. The van der Waals surface area contributed by atoms with Crippen molar-refractivity contribution in [2.45, 2.75) is 39.7 Å². The van der Waals surface area contributed by atoms with E-state index in [-0.39, 0.29) is 18.5 Å². The molecule has 1 aromatic rings. The summed E-state index contributed by atoms with van der Waals surface area (Å²) >= 11 is 0. The molecule has 1 saturated heterocycles. The molecule has 180 valence electrons. The molecule has 2 N–H and O–H groups in total. The van der Waals surface area contributed by atoms with Crippen molar-refractivity contribution in [1.29, 1.82) is 0 Å². The van der Waals surface area contributed by atoms with Crippen LogP contribution < -0.4 is 15.4 Å². The van der Waals surface area contributed by atoms with Crippen molar-refractivity contribution in [2.24, 2.45) is 5.92 Å². The zero-order valence-electron chi connectivity index (χ0n) is 19.5. The highest BCUT2D eigenvalue weighted by atomic mass is 16.5. The number of hydrogen-bond acceptors (Lipinski definition) is 7. The van der Waals surface area contributed by atoms with Gasteiger partial charge in [0.15, 0.2) is 0 Å². The molecular formula is C24H33N3O6. The molecule has 1 atom stereocenters. The van der Waals surface area contributed by atoms with Crippen LogP contribution in [0.2, 0.25) is 0 Å². The number of urea groups is 1. The van der Waals surface area contributed by atoms with Crippen LogP contribution in [0.4, 0.5) is 4.79 Å². The summed E-state index contributed by atoms with van der Waals surface area (Å²) in [4.78, 5) is 39.8. The van der Waals surface area contributed by atoms with Gasteiger partial charge in [-0.2, -0.15) is 0 Å². The van der Waals surface area contributed by atoms with Gasteiger partial charge in [0.2, 0.25) is 0 Å². The lowest BCUT2D eigenvalue weighted by Gasteiger charge is -2.35. The Labute approximate surface area is 194 Å². The van der Waals surface area contributed by atoms with E-state index >= 15 is 0 Å². The zero-order chi connectivity index (χ0) is 23.8. The third-order valence-electron chi connectivity index (χ3n) is 5.77. The normalized spacial score (nSPS) is 19.5. The van der Waals surface area contributed by atoms with Gasteiger partial charge in [-0.1, -0.05) is 18.2 Å². The van der Waals surface area contributed by atoms with E-state index in [1.165, 1.54) is 0 Å². The fraction of sp³-hybridized carbons (Fsp3) is 0.542. The molecule has 1 fully saturated rings. The van der Waals surface area contributed by atoms with Crippen LogP contribution in [0.5, 0.6) is 5.75 Å². The zero-order valence-corrected chi connectivity index (χ0v) is 19.5. The fourth-order valence-corrected chi connectivity index (χ4v) is 4.24. The van der Waals surface area contributed by atoms with Crippen LogP contribution in [0.1, 0.15) is 45.2 Å². The lowest BCUT2D eigenvalue weighted by molar-refractivity contribution is -0.149. The Bertz CT molecular complexity index is 892. The molecule has 2 amide bonds. The number of esters is 2. The number of hydrogen-bond donors (Lipinski definition) is 2. The molecule has 1 aromatic carbocycles. The summed E-state index contributed by atoms with van der Waals surface area (Å²) in [6.07, 6.45) is 1.34. The SMILES string of the molecule is CCOC(=O)C1=C(CN2CCC(C(=O)OCC)CC2)NC(=O)NC1c1ccccc1OCC. The standard InChI is InChI=1S/C24H33N3O6/c1-4-31-19-10-8-7-9-17(19)21-20(23(29)33-6-3)18(25-24(30)26-21)15-27-13-11-16(12-14-27)22(28)32-5-2/h7-10,16,21H,4-6,11-15H2,1-3H3,(H2,25,26,30). The predicted molar refractivity (Wildman–Crippen MR) is 121 cm³/mol. The second-order valence-electron chi connectivity index (χ2n) is 7.92. The van der Waals surface area contributed by atoms with Crippen LogP contribution in [0, 0.1) is 5.92 Å². The van der Waals surface area contributed by atoms with Crippen molar-refractivity contribution in [2.75, 3.05) is 39.5 Å². The van der Waals surface area contributed by atoms with E-state index in [9.17, 15) is 14.4 Å². The largest absolute Gasteiger partial charge is 0.494 e. The molecular weight excluding hydrogens is 426 g/mol. The van der Waals surface area contributed by atoms with E-state index in [1.807, 2.05) is 31.2 Å². The summed E-state index contributed by atoms with van der Waals surface area (Å²) in [5.41, 5.74) is 1.55. The van der Waals surface area contributed by atoms with Crippen molar-refractivity contribution < 1.29 is 28.6 Å². The Morgan fingerprint density at radius 1 is 1.03 bits per heavy atom. The van der Waals surface area contributed by atoms with Crippen LogP contribution >= 0.6 is 0 Å². The minimum Gasteiger partial charge on any atom is -0.494 e. The number of benzene rings is 1. The maximum Gasteiger partial charge on any atom is 0.338 e. The van der Waals surface area contributed by atoms with Gasteiger partial charge in [0.25, 0.3) is 0 Å². The Hall–Kier alpha value is -3.07. The summed E-state index contributed by atoms with van der Waals surface area (Å²) < 4.78 is 16.3. The highest BCUT2D eigenvalue weighted by molar-refractivity contribution is 5.95. The van der Waals surface area contributed by atoms with Gasteiger partial charge >= 0.3 is 18.0 Å². The first kappa shape index (κ1) is 24.6. The average molecular weight is 460 g/mol. The van der Waals surface area contributed by atoms with Crippen LogP contribution in [-0.4, -0.2) is 62.3 Å². The number of carbonyl (C=O) groups is 3. The second-order valence-corrected chi connectivity index (χ2v) is 7.92. The van der Waals surface area contributed by atoms with Crippen molar-refractivity contribution in [3.05, 3.63) is 41.1 Å².